The molecule has 0 atom stereocenters. The van der Waals surface area contributed by atoms with E-state index in [-0.39, 0.29) is 0 Å². The molecule has 2 aromatic rings. The first-order valence-corrected chi connectivity index (χ1v) is 10.3. The summed E-state index contributed by atoms with van der Waals surface area (Å²) in [5, 5.41) is 0. The number of H-pyrrole nitrogens is 2. The minimum atomic E-state index is 1.27. The van der Waals surface area contributed by atoms with Gasteiger partial charge in [0.15, 0.2) is 0 Å². The summed E-state index contributed by atoms with van der Waals surface area (Å²) in [4.78, 5) is 7.04. The van der Waals surface area contributed by atoms with Crippen molar-refractivity contribution in [3.8, 4) is 0 Å². The Kier molecular flexibility index (Phi) is 5.10. The van der Waals surface area contributed by atoms with Crippen molar-refractivity contribution in [2.24, 2.45) is 0 Å². The van der Waals surface area contributed by atoms with Crippen LogP contribution in [0, 0.1) is 0 Å². The second kappa shape index (κ2) is 7.63. The Morgan fingerprint density at radius 1 is 0.583 bits per heavy atom. The molecule has 0 saturated heterocycles. The van der Waals surface area contributed by atoms with E-state index in [0.717, 1.165) is 0 Å². The van der Waals surface area contributed by atoms with Crippen molar-refractivity contribution in [3.63, 3.8) is 0 Å². The van der Waals surface area contributed by atoms with E-state index in [1.54, 1.807) is 22.3 Å². The van der Waals surface area contributed by atoms with Gasteiger partial charge in [-0.3, -0.25) is 0 Å². The highest BCUT2D eigenvalue weighted by Gasteiger charge is 2.15. The van der Waals surface area contributed by atoms with Gasteiger partial charge in [-0.2, -0.15) is 0 Å². The fourth-order valence-electron chi connectivity index (χ4n) is 4.79. The highest BCUT2D eigenvalue weighted by molar-refractivity contribution is 5.33. The molecule has 130 valence electrons. The number of fused-ring (bicyclic) bond motifs is 2. The van der Waals surface area contributed by atoms with Crippen LogP contribution >= 0.6 is 0 Å². The van der Waals surface area contributed by atoms with Gasteiger partial charge in [0.25, 0.3) is 0 Å². The molecule has 2 nitrogen and oxygen atoms in total. The second-order valence-electron chi connectivity index (χ2n) is 7.87. The Labute approximate surface area is 146 Å². The first kappa shape index (κ1) is 16.1. The summed E-state index contributed by atoms with van der Waals surface area (Å²) in [6.45, 7) is 0. The third-order valence-electron chi connectivity index (χ3n) is 6.19. The fraction of sp³-hybridized carbons (Fsp3) is 0.636. The standard InChI is InChI=1S/C22H32N2/c1(3-9-17-15-23-21-13-7-5-11-19(17)21)2-4-10-18-16-24-22-14-8-6-12-20(18)22/h15-16,23-24H,1-14H2. The average molecular weight is 325 g/mol. The summed E-state index contributed by atoms with van der Waals surface area (Å²) >= 11 is 0. The monoisotopic (exact) mass is 324 g/mol. The first-order valence-electron chi connectivity index (χ1n) is 10.3. The molecule has 4 rings (SSSR count). The minimum Gasteiger partial charge on any atom is -0.364 e. The molecule has 24 heavy (non-hydrogen) atoms. The van der Waals surface area contributed by atoms with Gasteiger partial charge in [0, 0.05) is 23.8 Å². The SMILES string of the molecule is c1[nH]c2c(c1CCCCCCc1c[nH]c3c1CCCC3)CCCC2. The van der Waals surface area contributed by atoms with Gasteiger partial charge in [-0.1, -0.05) is 12.8 Å². The normalized spacial score (nSPS) is 16.8. The van der Waals surface area contributed by atoms with Crippen LogP contribution in [0.25, 0.3) is 0 Å². The van der Waals surface area contributed by atoms with Gasteiger partial charge in [-0.05, 0) is 99.3 Å². The summed E-state index contributed by atoms with van der Waals surface area (Å²) in [5.41, 5.74) is 9.64. The molecular formula is C22H32N2. The predicted octanol–water partition coefficient (Wildman–Crippen LogP) is 5.45. The molecule has 0 aliphatic heterocycles. The van der Waals surface area contributed by atoms with Crippen LogP contribution in [0.5, 0.6) is 0 Å². The lowest BCUT2D eigenvalue weighted by Gasteiger charge is -2.13. The van der Waals surface area contributed by atoms with E-state index >= 15 is 0 Å². The van der Waals surface area contributed by atoms with Crippen molar-refractivity contribution in [1.82, 2.24) is 9.97 Å². The van der Waals surface area contributed by atoms with Crippen LogP contribution in [0.4, 0.5) is 0 Å². The van der Waals surface area contributed by atoms with Crippen molar-refractivity contribution in [2.45, 2.75) is 89.9 Å². The number of aromatic amines is 2. The molecule has 0 fully saturated rings. The molecular weight excluding hydrogens is 292 g/mol. The number of aromatic nitrogens is 2. The lowest BCUT2D eigenvalue weighted by Crippen LogP contribution is -2.03. The van der Waals surface area contributed by atoms with E-state index in [1.165, 1.54) is 101 Å². The molecule has 2 aromatic heterocycles. The van der Waals surface area contributed by atoms with Gasteiger partial charge in [0.05, 0.1) is 0 Å². The maximum absolute atomic E-state index is 3.52. The topological polar surface area (TPSA) is 31.6 Å². The summed E-state index contributed by atoms with van der Waals surface area (Å²) in [5.74, 6) is 0. The molecule has 0 amide bonds. The van der Waals surface area contributed by atoms with E-state index in [2.05, 4.69) is 22.4 Å². The Hall–Kier alpha value is -1.44. The van der Waals surface area contributed by atoms with E-state index in [0.29, 0.717) is 0 Å². The molecule has 2 aliphatic carbocycles. The number of hydrogen-bond donors (Lipinski definition) is 2. The molecule has 0 radical (unpaired) electrons. The highest BCUT2D eigenvalue weighted by Crippen LogP contribution is 2.26. The lowest BCUT2D eigenvalue weighted by atomic mass is 9.92. The predicted molar refractivity (Wildman–Crippen MR) is 101 cm³/mol. The number of rotatable bonds is 7. The zero-order chi connectivity index (χ0) is 16.2. The summed E-state index contributed by atoms with van der Waals surface area (Å²) in [6, 6.07) is 0. The molecule has 2 heterocycles. The molecule has 0 saturated carbocycles. The van der Waals surface area contributed by atoms with Crippen molar-refractivity contribution in [3.05, 3.63) is 46.0 Å². The fourth-order valence-corrected chi connectivity index (χ4v) is 4.79. The maximum Gasteiger partial charge on any atom is 0.0182 e. The lowest BCUT2D eigenvalue weighted by molar-refractivity contribution is 0.628. The van der Waals surface area contributed by atoms with Crippen molar-refractivity contribution in [2.75, 3.05) is 0 Å². The molecule has 0 spiro atoms. The maximum atomic E-state index is 3.52. The van der Waals surface area contributed by atoms with E-state index in [1.807, 2.05) is 0 Å². The van der Waals surface area contributed by atoms with Crippen molar-refractivity contribution >= 4 is 0 Å². The number of nitrogens with one attached hydrogen (secondary N) is 2. The van der Waals surface area contributed by atoms with E-state index < -0.39 is 0 Å². The zero-order valence-corrected chi connectivity index (χ0v) is 15.1. The highest BCUT2D eigenvalue weighted by atomic mass is 14.7. The largest absolute Gasteiger partial charge is 0.364 e. The van der Waals surface area contributed by atoms with Gasteiger partial charge in [-0.25, -0.2) is 0 Å². The first-order chi connectivity index (χ1) is 11.9. The van der Waals surface area contributed by atoms with Crippen LogP contribution in [-0.4, -0.2) is 9.97 Å². The molecule has 0 aromatic carbocycles. The zero-order valence-electron chi connectivity index (χ0n) is 15.1. The second-order valence-corrected chi connectivity index (χ2v) is 7.87. The third-order valence-corrected chi connectivity index (χ3v) is 6.19. The van der Waals surface area contributed by atoms with Crippen LogP contribution in [0.2, 0.25) is 0 Å². The minimum absolute atomic E-state index is 1.27. The van der Waals surface area contributed by atoms with Gasteiger partial charge >= 0.3 is 0 Å². The van der Waals surface area contributed by atoms with Gasteiger partial charge in [0.1, 0.15) is 0 Å². The Bertz CT molecular complexity index is 603. The Morgan fingerprint density at radius 2 is 1.04 bits per heavy atom. The van der Waals surface area contributed by atoms with E-state index in [9.17, 15) is 0 Å². The number of unbranched alkanes of at least 4 members (excludes halogenated alkanes) is 3. The van der Waals surface area contributed by atoms with Crippen LogP contribution in [0.1, 0.15) is 85.0 Å². The Morgan fingerprint density at radius 3 is 1.54 bits per heavy atom. The quantitative estimate of drug-likeness (QED) is 0.635. The van der Waals surface area contributed by atoms with Crippen LogP contribution in [-0.2, 0) is 38.5 Å². The Balaban J connectivity index is 1.18. The number of hydrogen-bond acceptors (Lipinski definition) is 0. The summed E-state index contributed by atoms with van der Waals surface area (Å²) < 4.78 is 0. The van der Waals surface area contributed by atoms with Crippen LogP contribution in [0.3, 0.4) is 0 Å². The molecule has 0 unspecified atom stereocenters. The van der Waals surface area contributed by atoms with Crippen molar-refractivity contribution in [1.29, 1.82) is 0 Å². The molecule has 2 aliphatic rings. The summed E-state index contributed by atoms with van der Waals surface area (Å²) in [7, 11) is 0. The van der Waals surface area contributed by atoms with E-state index in [4.69, 9.17) is 0 Å². The summed E-state index contributed by atoms with van der Waals surface area (Å²) in [6.07, 6.45) is 23.3. The van der Waals surface area contributed by atoms with Gasteiger partial charge < -0.3 is 9.97 Å². The van der Waals surface area contributed by atoms with Crippen molar-refractivity contribution < 1.29 is 0 Å². The average Bonchev–Trinajstić information content (AvgIpc) is 3.22. The third kappa shape index (κ3) is 3.48. The molecule has 2 heteroatoms. The smallest absolute Gasteiger partial charge is 0.0182 e. The van der Waals surface area contributed by atoms with Crippen LogP contribution in [0.15, 0.2) is 12.4 Å². The number of aryl methyl sites for hydroxylation is 4. The van der Waals surface area contributed by atoms with Gasteiger partial charge in [0.2, 0.25) is 0 Å². The van der Waals surface area contributed by atoms with Gasteiger partial charge in [-0.15, -0.1) is 0 Å². The molecule has 2 N–H and O–H groups in total. The molecule has 0 bridgehead atoms. The van der Waals surface area contributed by atoms with Crippen LogP contribution < -0.4 is 0 Å².